The minimum atomic E-state index is -4.29. The number of ether oxygens (including phenoxy) is 1. The number of aliphatic hydroxyl groups excluding tert-OH is 1. The Morgan fingerprint density at radius 2 is 1.92 bits per heavy atom. The van der Waals surface area contributed by atoms with Crippen LogP contribution in [0.15, 0.2) is 36.7 Å². The van der Waals surface area contributed by atoms with Gasteiger partial charge in [-0.3, -0.25) is 18.4 Å². The van der Waals surface area contributed by atoms with E-state index < -0.39 is 32.4 Å². The number of fused-ring (bicyclic) bond motifs is 2. The zero-order valence-electron chi connectivity index (χ0n) is 19.1. The Labute approximate surface area is 205 Å². The minimum Gasteiger partial charge on any atom is -0.386 e. The van der Waals surface area contributed by atoms with Crippen molar-refractivity contribution in [2.75, 3.05) is 29.9 Å². The van der Waals surface area contributed by atoms with Gasteiger partial charge in [-0.2, -0.15) is 0 Å². The number of rotatable bonds is 4. The number of amides is 1. The second kappa shape index (κ2) is 9.18. The molecule has 5 heterocycles. The lowest BCUT2D eigenvalue weighted by Gasteiger charge is -2.30. The fourth-order valence-corrected chi connectivity index (χ4v) is 5.82. The largest absolute Gasteiger partial charge is 0.472 e. The maximum absolute atomic E-state index is 12.8. The second-order valence-corrected chi connectivity index (χ2v) is 10.3. The van der Waals surface area contributed by atoms with Gasteiger partial charge in [-0.1, -0.05) is 18.2 Å². The molecule has 3 saturated heterocycles. The standard InChI is InChI=1S/C22H25N6O7P/c29-16-17-14(11-33-36(31,32)35-17)34-21(16)28-19-15(25-22(28)27-9-5-2-6-10-27)18(23-12-24-19)26-20(30)13-7-3-1-4-8-13/h1,3-4,7-8,12,14,16-17,21,29H,2,5-6,9-11H2,(H,31,32)(H,23,24,26,30)/t14-,16-,17-,21-/m1/s1. The molecule has 0 saturated carbocycles. The van der Waals surface area contributed by atoms with Gasteiger partial charge in [-0.15, -0.1) is 0 Å². The number of hydrogen-bond acceptors (Lipinski definition) is 10. The molecule has 3 fully saturated rings. The van der Waals surface area contributed by atoms with Crippen LogP contribution in [0, 0.1) is 0 Å². The van der Waals surface area contributed by atoms with E-state index in [-0.39, 0.29) is 18.3 Å². The molecule has 1 amide bonds. The Kier molecular flexibility index (Phi) is 5.98. The van der Waals surface area contributed by atoms with E-state index in [9.17, 15) is 19.4 Å². The predicted octanol–water partition coefficient (Wildman–Crippen LogP) is 1.84. The van der Waals surface area contributed by atoms with Crippen LogP contribution >= 0.6 is 7.82 Å². The SMILES string of the molecule is O=C(Nc1ncnc2c1nc(N1CCCCC1)n2[C@@H]1O[C@@H]2COP(=O)(O)O[C@H]2[C@H]1O)c1ccccc1. The zero-order chi connectivity index (χ0) is 24.9. The number of phosphoric ester groups is 1. The van der Waals surface area contributed by atoms with E-state index in [1.807, 2.05) is 6.07 Å². The summed E-state index contributed by atoms with van der Waals surface area (Å²) < 4.78 is 29.7. The number of anilines is 2. The van der Waals surface area contributed by atoms with Crippen molar-refractivity contribution >= 4 is 36.7 Å². The summed E-state index contributed by atoms with van der Waals surface area (Å²) >= 11 is 0. The van der Waals surface area contributed by atoms with Gasteiger partial charge in [0.15, 0.2) is 23.2 Å². The molecule has 14 heteroatoms. The summed E-state index contributed by atoms with van der Waals surface area (Å²) in [6, 6.07) is 8.74. The smallest absolute Gasteiger partial charge is 0.386 e. The molecule has 3 aliphatic rings. The predicted molar refractivity (Wildman–Crippen MR) is 126 cm³/mol. The van der Waals surface area contributed by atoms with Crippen LogP contribution in [0.1, 0.15) is 35.8 Å². The lowest BCUT2D eigenvalue weighted by Crippen LogP contribution is -2.39. The van der Waals surface area contributed by atoms with Crippen molar-refractivity contribution in [1.29, 1.82) is 0 Å². The van der Waals surface area contributed by atoms with E-state index in [1.165, 1.54) is 6.33 Å². The van der Waals surface area contributed by atoms with Crippen molar-refractivity contribution in [3.63, 3.8) is 0 Å². The molecule has 190 valence electrons. The number of nitrogens with one attached hydrogen (secondary N) is 1. The van der Waals surface area contributed by atoms with Crippen LogP contribution in [-0.2, 0) is 18.3 Å². The first-order valence-corrected chi connectivity index (χ1v) is 13.2. The first-order valence-electron chi connectivity index (χ1n) is 11.7. The average Bonchev–Trinajstić information content (AvgIpc) is 3.42. The normalized spacial score (nSPS) is 30.3. The van der Waals surface area contributed by atoms with Gasteiger partial charge in [-0.25, -0.2) is 19.5 Å². The number of carbonyl (C=O) groups is 1. The molecule has 3 aromatic rings. The summed E-state index contributed by atoms with van der Waals surface area (Å²) in [5.74, 6) is 0.364. The summed E-state index contributed by atoms with van der Waals surface area (Å²) in [5.41, 5.74) is 1.13. The van der Waals surface area contributed by atoms with E-state index in [2.05, 4.69) is 20.2 Å². The highest BCUT2D eigenvalue weighted by molar-refractivity contribution is 7.47. The Morgan fingerprint density at radius 1 is 1.14 bits per heavy atom. The number of benzene rings is 1. The van der Waals surface area contributed by atoms with Gasteiger partial charge in [0.05, 0.1) is 6.61 Å². The number of nitrogens with zero attached hydrogens (tertiary/aromatic N) is 5. The number of aromatic nitrogens is 4. The minimum absolute atomic E-state index is 0.203. The number of carbonyl (C=O) groups excluding carboxylic acids is 1. The molecule has 0 spiro atoms. The lowest BCUT2D eigenvalue weighted by atomic mass is 10.1. The molecule has 5 atom stereocenters. The average molecular weight is 516 g/mol. The van der Waals surface area contributed by atoms with Gasteiger partial charge in [0, 0.05) is 18.7 Å². The summed E-state index contributed by atoms with van der Waals surface area (Å²) in [6.07, 6.45) is 0.201. The third-order valence-corrected chi connectivity index (χ3v) is 7.57. The monoisotopic (exact) mass is 516 g/mol. The highest BCUT2D eigenvalue weighted by Crippen LogP contribution is 2.53. The van der Waals surface area contributed by atoms with E-state index in [1.54, 1.807) is 28.8 Å². The first-order chi connectivity index (χ1) is 17.4. The number of imidazole rings is 1. The topological polar surface area (TPSA) is 161 Å². The number of phosphoric acid groups is 1. The third kappa shape index (κ3) is 4.17. The molecule has 0 bridgehead atoms. The quantitative estimate of drug-likeness (QED) is 0.434. The zero-order valence-corrected chi connectivity index (χ0v) is 20.0. The Hall–Kier alpha value is -2.93. The lowest BCUT2D eigenvalue weighted by molar-refractivity contribution is -0.0661. The van der Waals surface area contributed by atoms with Gasteiger partial charge < -0.3 is 25.0 Å². The molecule has 36 heavy (non-hydrogen) atoms. The molecular formula is C22H25N6O7P. The van der Waals surface area contributed by atoms with Crippen molar-refractivity contribution in [2.45, 2.75) is 43.8 Å². The van der Waals surface area contributed by atoms with Gasteiger partial charge in [-0.05, 0) is 31.4 Å². The number of piperidine rings is 1. The van der Waals surface area contributed by atoms with Gasteiger partial charge in [0.25, 0.3) is 5.91 Å². The molecule has 2 aromatic heterocycles. The van der Waals surface area contributed by atoms with Gasteiger partial charge in [0.2, 0.25) is 5.95 Å². The maximum atomic E-state index is 12.8. The van der Waals surface area contributed by atoms with Crippen LogP contribution in [0.5, 0.6) is 0 Å². The molecule has 13 nitrogen and oxygen atoms in total. The van der Waals surface area contributed by atoms with Crippen molar-refractivity contribution in [1.82, 2.24) is 19.5 Å². The number of aliphatic hydroxyl groups is 1. The maximum Gasteiger partial charge on any atom is 0.472 e. The molecule has 1 unspecified atom stereocenters. The van der Waals surface area contributed by atoms with Gasteiger partial charge >= 0.3 is 7.82 Å². The Balaban J connectivity index is 1.42. The molecule has 0 aliphatic carbocycles. The molecule has 6 rings (SSSR count). The van der Waals surface area contributed by atoms with Crippen LogP contribution in [0.2, 0.25) is 0 Å². The summed E-state index contributed by atoms with van der Waals surface area (Å²) in [7, 11) is -4.29. The van der Waals surface area contributed by atoms with Crippen LogP contribution in [0.3, 0.4) is 0 Å². The van der Waals surface area contributed by atoms with Crippen molar-refractivity contribution in [2.24, 2.45) is 0 Å². The molecule has 0 radical (unpaired) electrons. The fourth-order valence-electron chi connectivity index (χ4n) is 4.86. The molecule has 3 aliphatic heterocycles. The van der Waals surface area contributed by atoms with Crippen molar-refractivity contribution in [3.8, 4) is 0 Å². The van der Waals surface area contributed by atoms with Crippen molar-refractivity contribution < 1.29 is 33.1 Å². The molecule has 3 N–H and O–H groups in total. The van der Waals surface area contributed by atoms with Crippen LogP contribution in [0.4, 0.5) is 11.8 Å². The van der Waals surface area contributed by atoms with E-state index in [4.69, 9.17) is 18.8 Å². The van der Waals surface area contributed by atoms with Crippen LogP contribution < -0.4 is 10.2 Å². The van der Waals surface area contributed by atoms with Crippen LogP contribution in [-0.4, -0.2) is 73.4 Å². The van der Waals surface area contributed by atoms with E-state index in [0.29, 0.717) is 22.7 Å². The summed E-state index contributed by atoms with van der Waals surface area (Å²) in [5, 5.41) is 13.9. The summed E-state index contributed by atoms with van der Waals surface area (Å²) in [4.78, 5) is 38.1. The van der Waals surface area contributed by atoms with Crippen LogP contribution in [0.25, 0.3) is 11.2 Å². The third-order valence-electron chi connectivity index (χ3n) is 6.59. The molecule has 1 aromatic carbocycles. The first kappa shape index (κ1) is 23.5. The Morgan fingerprint density at radius 3 is 2.69 bits per heavy atom. The van der Waals surface area contributed by atoms with Gasteiger partial charge in [0.1, 0.15) is 24.6 Å². The van der Waals surface area contributed by atoms with E-state index in [0.717, 1.165) is 32.4 Å². The Bertz CT molecular complexity index is 1330. The highest BCUT2D eigenvalue weighted by Gasteiger charge is 2.53. The van der Waals surface area contributed by atoms with E-state index >= 15 is 0 Å². The fraction of sp³-hybridized carbons (Fsp3) is 0.455. The highest BCUT2D eigenvalue weighted by atomic mass is 31.2. The van der Waals surface area contributed by atoms with Crippen molar-refractivity contribution in [3.05, 3.63) is 42.2 Å². The summed E-state index contributed by atoms with van der Waals surface area (Å²) in [6.45, 7) is 1.28. The number of hydrogen-bond donors (Lipinski definition) is 3. The molecular weight excluding hydrogens is 491 g/mol. The second-order valence-electron chi connectivity index (χ2n) is 8.93.